The number of hydrogen-bond donors (Lipinski definition) is 1. The van der Waals surface area contributed by atoms with E-state index in [-0.39, 0.29) is 12.6 Å². The molecule has 0 fully saturated rings. The van der Waals surface area contributed by atoms with Crippen LogP contribution in [0.25, 0.3) is 0 Å². The van der Waals surface area contributed by atoms with Crippen molar-refractivity contribution in [2.45, 2.75) is 13.3 Å². The predicted octanol–water partition coefficient (Wildman–Crippen LogP) is 3.00. The fourth-order valence-electron chi connectivity index (χ4n) is 2.10. The molecule has 0 saturated heterocycles. The van der Waals surface area contributed by atoms with Crippen LogP contribution in [0.3, 0.4) is 0 Å². The largest absolute Gasteiger partial charge is 0.470 e. The third-order valence-electron chi connectivity index (χ3n) is 3.32. The van der Waals surface area contributed by atoms with Crippen LogP contribution in [0.2, 0.25) is 5.02 Å². The number of aryl methyl sites for hydroxylation is 1. The van der Waals surface area contributed by atoms with E-state index in [0.29, 0.717) is 23.0 Å². The summed E-state index contributed by atoms with van der Waals surface area (Å²) in [5.41, 5.74) is 1.10. The topological polar surface area (TPSA) is 74.0 Å². The average Bonchev–Trinajstić information content (AvgIpc) is 3.21. The number of aromatic nitrogens is 4. The molecule has 0 radical (unpaired) electrons. The molecule has 1 N–H and O–H groups in total. The van der Waals surface area contributed by atoms with Crippen LogP contribution in [-0.4, -0.2) is 25.5 Å². The van der Waals surface area contributed by atoms with Crippen molar-refractivity contribution < 1.29 is 9.53 Å². The summed E-state index contributed by atoms with van der Waals surface area (Å²) in [5.74, 6) is 0.373. The summed E-state index contributed by atoms with van der Waals surface area (Å²) in [6.45, 7) is 0.522. The van der Waals surface area contributed by atoms with Gasteiger partial charge in [-0.15, -0.1) is 0 Å². The van der Waals surface area contributed by atoms with Crippen LogP contribution in [0, 0.1) is 0 Å². The van der Waals surface area contributed by atoms with Crippen LogP contribution >= 0.6 is 27.5 Å². The van der Waals surface area contributed by atoms with E-state index in [1.54, 1.807) is 35.1 Å². The van der Waals surface area contributed by atoms with Crippen LogP contribution < -0.4 is 10.1 Å². The minimum Gasteiger partial charge on any atom is -0.470 e. The number of halogens is 2. The molecule has 3 rings (SSSR count). The van der Waals surface area contributed by atoms with Crippen molar-refractivity contribution in [1.82, 2.24) is 24.9 Å². The van der Waals surface area contributed by atoms with Gasteiger partial charge >= 0.3 is 0 Å². The number of rotatable bonds is 6. The lowest BCUT2D eigenvalue weighted by atomic mass is 10.3. The summed E-state index contributed by atoms with van der Waals surface area (Å²) in [7, 11) is 1.83. The minimum atomic E-state index is -0.267. The van der Waals surface area contributed by atoms with E-state index in [2.05, 4.69) is 31.4 Å². The van der Waals surface area contributed by atoms with Crippen LogP contribution in [-0.2, 0) is 20.3 Å². The van der Waals surface area contributed by atoms with Crippen molar-refractivity contribution in [2.75, 3.05) is 0 Å². The first-order valence-electron chi connectivity index (χ1n) is 7.39. The molecule has 0 aliphatic rings. The van der Waals surface area contributed by atoms with Gasteiger partial charge < -0.3 is 10.1 Å². The molecule has 0 atom stereocenters. The fourth-order valence-corrected chi connectivity index (χ4v) is 2.90. The molecule has 7 nitrogen and oxygen atoms in total. The molecule has 9 heteroatoms. The highest BCUT2D eigenvalue weighted by Crippen LogP contribution is 2.28. The third kappa shape index (κ3) is 4.61. The van der Waals surface area contributed by atoms with Gasteiger partial charge in [-0.1, -0.05) is 11.6 Å². The lowest BCUT2D eigenvalue weighted by Crippen LogP contribution is -2.24. The first-order chi connectivity index (χ1) is 12.0. The molecular formula is C16H15BrClN5O2. The Morgan fingerprint density at radius 3 is 2.84 bits per heavy atom. The molecule has 1 aromatic carbocycles. The third-order valence-corrected chi connectivity index (χ3v) is 4.17. The summed E-state index contributed by atoms with van der Waals surface area (Å²) < 4.78 is 9.63. The standard InChI is InChI=1S/C16H15BrClN5O2/c1-22-6-4-12(20-22)9-19-16(24)14-5-7-23(21-14)10-25-15-3-2-11(18)8-13(15)17/h2-8H,9-10H2,1H3,(H,19,24). The van der Waals surface area contributed by atoms with Gasteiger partial charge in [-0.3, -0.25) is 9.48 Å². The minimum absolute atomic E-state index is 0.174. The molecule has 3 aromatic rings. The molecule has 0 aliphatic carbocycles. The summed E-state index contributed by atoms with van der Waals surface area (Å²) in [6, 6.07) is 8.72. The highest BCUT2D eigenvalue weighted by Gasteiger charge is 2.10. The molecule has 0 spiro atoms. The van der Waals surface area contributed by atoms with Crippen molar-refractivity contribution >= 4 is 33.4 Å². The van der Waals surface area contributed by atoms with Crippen LogP contribution in [0.4, 0.5) is 0 Å². The van der Waals surface area contributed by atoms with Gasteiger partial charge in [0.15, 0.2) is 6.73 Å². The molecule has 2 heterocycles. The van der Waals surface area contributed by atoms with Crippen LogP contribution in [0.15, 0.2) is 47.2 Å². The van der Waals surface area contributed by atoms with Gasteiger partial charge in [-0.2, -0.15) is 10.2 Å². The number of hydrogen-bond acceptors (Lipinski definition) is 4. The van der Waals surface area contributed by atoms with Crippen molar-refractivity contribution in [3.63, 3.8) is 0 Å². The average molecular weight is 425 g/mol. The van der Waals surface area contributed by atoms with E-state index >= 15 is 0 Å². The van der Waals surface area contributed by atoms with Gasteiger partial charge in [0.1, 0.15) is 11.4 Å². The summed E-state index contributed by atoms with van der Waals surface area (Å²) in [6.07, 6.45) is 3.50. The maximum atomic E-state index is 12.1. The highest BCUT2D eigenvalue weighted by atomic mass is 79.9. The Balaban J connectivity index is 1.55. The molecule has 25 heavy (non-hydrogen) atoms. The SMILES string of the molecule is Cn1ccc(CNC(=O)c2ccn(COc3ccc(Cl)cc3Br)n2)n1. The van der Waals surface area contributed by atoms with Gasteiger partial charge in [0.05, 0.1) is 16.7 Å². The zero-order valence-corrected chi connectivity index (χ0v) is 15.7. The number of benzene rings is 1. The van der Waals surface area contributed by atoms with Gasteiger partial charge in [0, 0.05) is 24.5 Å². The summed E-state index contributed by atoms with van der Waals surface area (Å²) in [5, 5.41) is 11.8. The van der Waals surface area contributed by atoms with E-state index in [1.807, 2.05) is 19.3 Å². The quantitative estimate of drug-likeness (QED) is 0.660. The summed E-state index contributed by atoms with van der Waals surface area (Å²) >= 11 is 9.28. The van der Waals surface area contributed by atoms with E-state index in [4.69, 9.17) is 16.3 Å². The fraction of sp³-hybridized carbons (Fsp3) is 0.188. The molecule has 0 aliphatic heterocycles. The lowest BCUT2D eigenvalue weighted by molar-refractivity contribution is 0.0943. The smallest absolute Gasteiger partial charge is 0.272 e. The Kier molecular flexibility index (Phi) is 5.40. The molecule has 130 valence electrons. The second-order valence-electron chi connectivity index (χ2n) is 5.25. The maximum Gasteiger partial charge on any atom is 0.272 e. The number of ether oxygens (including phenoxy) is 1. The number of nitrogens with zero attached hydrogens (tertiary/aromatic N) is 4. The Morgan fingerprint density at radius 2 is 2.12 bits per heavy atom. The van der Waals surface area contributed by atoms with Crippen molar-refractivity contribution in [1.29, 1.82) is 0 Å². The number of carbonyl (C=O) groups is 1. The zero-order chi connectivity index (χ0) is 17.8. The second kappa shape index (κ2) is 7.71. The molecule has 2 aromatic heterocycles. The van der Waals surface area contributed by atoms with E-state index in [1.165, 1.54) is 4.68 Å². The Bertz CT molecular complexity index is 892. The van der Waals surface area contributed by atoms with E-state index < -0.39 is 0 Å². The lowest BCUT2D eigenvalue weighted by Gasteiger charge is -2.08. The van der Waals surface area contributed by atoms with Crippen molar-refractivity contribution in [3.05, 3.63) is 63.6 Å². The summed E-state index contributed by atoms with van der Waals surface area (Å²) in [4.78, 5) is 12.1. The number of amides is 1. The predicted molar refractivity (Wildman–Crippen MR) is 96.4 cm³/mol. The van der Waals surface area contributed by atoms with Crippen molar-refractivity contribution in [3.8, 4) is 5.75 Å². The van der Waals surface area contributed by atoms with Gasteiger partial charge in [-0.05, 0) is 46.3 Å². The monoisotopic (exact) mass is 423 g/mol. The first kappa shape index (κ1) is 17.5. The van der Waals surface area contributed by atoms with Gasteiger partial charge in [-0.25, -0.2) is 4.68 Å². The first-order valence-corrected chi connectivity index (χ1v) is 8.56. The normalized spacial score (nSPS) is 10.7. The highest BCUT2D eigenvalue weighted by molar-refractivity contribution is 9.10. The van der Waals surface area contributed by atoms with Gasteiger partial charge in [0.2, 0.25) is 0 Å². The molecule has 0 saturated carbocycles. The maximum absolute atomic E-state index is 12.1. The Morgan fingerprint density at radius 1 is 1.28 bits per heavy atom. The second-order valence-corrected chi connectivity index (χ2v) is 6.54. The van der Waals surface area contributed by atoms with Gasteiger partial charge in [0.25, 0.3) is 5.91 Å². The van der Waals surface area contributed by atoms with Crippen LogP contribution in [0.1, 0.15) is 16.2 Å². The molecule has 0 unspecified atom stereocenters. The van der Waals surface area contributed by atoms with Crippen molar-refractivity contribution in [2.24, 2.45) is 7.05 Å². The molecule has 0 bridgehead atoms. The zero-order valence-electron chi connectivity index (χ0n) is 13.3. The Hall–Kier alpha value is -2.32. The van der Waals surface area contributed by atoms with E-state index in [9.17, 15) is 4.79 Å². The molecular weight excluding hydrogens is 410 g/mol. The number of nitrogens with one attached hydrogen (secondary N) is 1. The van der Waals surface area contributed by atoms with Crippen LogP contribution in [0.5, 0.6) is 5.75 Å². The Labute approximate surface area is 157 Å². The van der Waals surface area contributed by atoms with E-state index in [0.717, 1.165) is 10.2 Å². The molecule has 1 amide bonds. The number of carbonyl (C=O) groups excluding carboxylic acids is 1.